The second-order valence-corrected chi connectivity index (χ2v) is 11.2. The zero-order chi connectivity index (χ0) is 27.4. The Morgan fingerprint density at radius 1 is 1.00 bits per heavy atom. The fourth-order valence-electron chi connectivity index (χ4n) is 4.84. The molecule has 1 heterocycles. The van der Waals surface area contributed by atoms with Crippen LogP contribution in [0.2, 0.25) is 0 Å². The van der Waals surface area contributed by atoms with Gasteiger partial charge < -0.3 is 15.3 Å². The van der Waals surface area contributed by atoms with Crippen molar-refractivity contribution < 1.29 is 27.9 Å². The number of carbonyl (C=O) groups excluding carboxylic acids is 2. The van der Waals surface area contributed by atoms with Crippen molar-refractivity contribution in [3.63, 3.8) is 0 Å². The number of benzene rings is 3. The van der Waals surface area contributed by atoms with E-state index in [1.807, 2.05) is 26.0 Å². The molecule has 0 bridgehead atoms. The number of likely N-dealkylation sites (tertiary alicyclic amines) is 1. The molecule has 1 aliphatic heterocycles. The SMILES string of the molecule is CCCC(=O)N1CCC(NS(=O)(=O)c2ccc(NC(=O)c3ccccc3C)c3ccccc23)C(C(=O)O)C1. The molecule has 2 atom stereocenters. The van der Waals surface area contributed by atoms with Gasteiger partial charge in [-0.15, -0.1) is 0 Å². The van der Waals surface area contributed by atoms with Gasteiger partial charge in [0.15, 0.2) is 0 Å². The lowest BCUT2D eigenvalue weighted by Gasteiger charge is -2.36. The molecule has 1 saturated heterocycles. The van der Waals surface area contributed by atoms with E-state index in [1.165, 1.54) is 17.0 Å². The highest BCUT2D eigenvalue weighted by Crippen LogP contribution is 2.31. The Morgan fingerprint density at radius 2 is 1.68 bits per heavy atom. The van der Waals surface area contributed by atoms with Crippen molar-refractivity contribution in [3.05, 3.63) is 71.8 Å². The van der Waals surface area contributed by atoms with Crippen molar-refractivity contribution in [2.75, 3.05) is 18.4 Å². The van der Waals surface area contributed by atoms with Gasteiger partial charge in [0.25, 0.3) is 5.91 Å². The second-order valence-electron chi connectivity index (χ2n) is 9.48. The van der Waals surface area contributed by atoms with Gasteiger partial charge in [-0.2, -0.15) is 0 Å². The van der Waals surface area contributed by atoms with Crippen molar-refractivity contribution in [3.8, 4) is 0 Å². The number of carboxylic acid groups (broad SMARTS) is 1. The summed E-state index contributed by atoms with van der Waals surface area (Å²) < 4.78 is 29.6. The van der Waals surface area contributed by atoms with E-state index in [0.717, 1.165) is 5.56 Å². The van der Waals surface area contributed by atoms with Crippen LogP contribution in [-0.4, -0.2) is 55.3 Å². The number of sulfonamides is 1. The number of hydrogen-bond acceptors (Lipinski definition) is 5. The van der Waals surface area contributed by atoms with E-state index >= 15 is 0 Å². The van der Waals surface area contributed by atoms with Gasteiger partial charge in [-0.1, -0.05) is 49.4 Å². The van der Waals surface area contributed by atoms with Crippen LogP contribution in [0.5, 0.6) is 0 Å². The van der Waals surface area contributed by atoms with Crippen LogP contribution in [-0.2, 0) is 19.6 Å². The van der Waals surface area contributed by atoms with Gasteiger partial charge in [0.1, 0.15) is 0 Å². The molecule has 10 heteroatoms. The molecule has 3 N–H and O–H groups in total. The molecule has 1 fully saturated rings. The summed E-state index contributed by atoms with van der Waals surface area (Å²) in [6.45, 7) is 3.94. The molecule has 200 valence electrons. The van der Waals surface area contributed by atoms with Crippen molar-refractivity contribution in [2.45, 2.75) is 44.0 Å². The maximum Gasteiger partial charge on any atom is 0.309 e. The number of piperidine rings is 1. The number of hydrogen-bond donors (Lipinski definition) is 3. The third-order valence-electron chi connectivity index (χ3n) is 6.86. The Balaban J connectivity index is 1.61. The topological polar surface area (TPSA) is 133 Å². The van der Waals surface area contributed by atoms with Gasteiger partial charge >= 0.3 is 5.97 Å². The number of anilines is 1. The van der Waals surface area contributed by atoms with Gasteiger partial charge in [0.05, 0.1) is 10.8 Å². The van der Waals surface area contributed by atoms with E-state index in [1.54, 1.807) is 36.4 Å². The zero-order valence-electron chi connectivity index (χ0n) is 21.3. The van der Waals surface area contributed by atoms with Crippen molar-refractivity contribution >= 4 is 44.3 Å². The summed E-state index contributed by atoms with van der Waals surface area (Å²) in [7, 11) is -4.13. The van der Waals surface area contributed by atoms with Crippen LogP contribution < -0.4 is 10.0 Å². The third kappa shape index (κ3) is 5.71. The Bertz CT molecular complexity index is 1490. The molecule has 9 nitrogen and oxygen atoms in total. The Morgan fingerprint density at radius 3 is 2.37 bits per heavy atom. The molecular formula is C28H31N3O6S. The number of aliphatic carboxylic acids is 1. The van der Waals surface area contributed by atoms with E-state index < -0.39 is 28.0 Å². The highest BCUT2D eigenvalue weighted by atomic mass is 32.2. The predicted molar refractivity (Wildman–Crippen MR) is 144 cm³/mol. The number of nitrogens with one attached hydrogen (secondary N) is 2. The lowest BCUT2D eigenvalue weighted by molar-refractivity contribution is -0.146. The third-order valence-corrected chi connectivity index (χ3v) is 8.41. The smallest absolute Gasteiger partial charge is 0.309 e. The number of fused-ring (bicyclic) bond motifs is 1. The molecule has 0 saturated carbocycles. The molecular weight excluding hydrogens is 506 g/mol. The first-order valence-electron chi connectivity index (χ1n) is 12.5. The number of aryl methyl sites for hydroxylation is 1. The Kier molecular flexibility index (Phi) is 8.13. The molecule has 0 aliphatic carbocycles. The lowest BCUT2D eigenvalue weighted by Crippen LogP contribution is -2.54. The fourth-order valence-corrected chi connectivity index (χ4v) is 6.36. The molecule has 0 radical (unpaired) electrons. The zero-order valence-corrected chi connectivity index (χ0v) is 22.1. The highest BCUT2D eigenvalue weighted by Gasteiger charge is 2.38. The second kappa shape index (κ2) is 11.3. The Hall–Kier alpha value is -3.76. The Labute approximate surface area is 221 Å². The first-order valence-corrected chi connectivity index (χ1v) is 14.0. The van der Waals surface area contributed by atoms with E-state index in [0.29, 0.717) is 34.9 Å². The molecule has 0 aromatic heterocycles. The minimum atomic E-state index is -4.13. The average Bonchev–Trinajstić information content (AvgIpc) is 2.89. The average molecular weight is 538 g/mol. The lowest BCUT2D eigenvalue weighted by atomic mass is 9.93. The summed E-state index contributed by atoms with van der Waals surface area (Å²) >= 11 is 0. The first kappa shape index (κ1) is 27.3. The number of carbonyl (C=O) groups is 3. The van der Waals surface area contributed by atoms with Crippen molar-refractivity contribution in [1.82, 2.24) is 9.62 Å². The van der Waals surface area contributed by atoms with E-state index in [4.69, 9.17) is 0 Å². The maximum atomic E-state index is 13.5. The van der Waals surface area contributed by atoms with Gasteiger partial charge in [-0.3, -0.25) is 14.4 Å². The summed E-state index contributed by atoms with van der Waals surface area (Å²) in [6.07, 6.45) is 1.16. The van der Waals surface area contributed by atoms with E-state index in [-0.39, 0.29) is 36.2 Å². The summed E-state index contributed by atoms with van der Waals surface area (Å²) in [5.74, 6) is -2.67. The standard InChI is InChI=1S/C28H31N3O6S/c1-3-8-26(32)31-16-15-24(22(17-31)28(34)35)30-38(36,37)25-14-13-23(20-11-6-7-12-21(20)25)29-27(33)19-10-5-4-9-18(19)2/h4-7,9-14,22,24,30H,3,8,15-17H2,1-2H3,(H,29,33)(H,34,35). The number of rotatable bonds is 8. The first-order chi connectivity index (χ1) is 18.1. The molecule has 38 heavy (non-hydrogen) atoms. The molecule has 1 aliphatic rings. The van der Waals surface area contributed by atoms with Crippen LogP contribution in [0.3, 0.4) is 0 Å². The molecule has 3 aromatic rings. The molecule has 0 spiro atoms. The van der Waals surface area contributed by atoms with Gasteiger partial charge in [0, 0.05) is 47.6 Å². The summed E-state index contributed by atoms with van der Waals surface area (Å²) in [5.41, 5.74) is 1.78. The van der Waals surface area contributed by atoms with E-state index in [2.05, 4.69) is 10.0 Å². The largest absolute Gasteiger partial charge is 0.481 e. The van der Waals surface area contributed by atoms with Crippen LogP contribution in [0.15, 0.2) is 65.6 Å². The molecule has 2 unspecified atom stereocenters. The molecule has 4 rings (SSSR count). The maximum absolute atomic E-state index is 13.5. The van der Waals surface area contributed by atoms with Crippen LogP contribution in [0.1, 0.15) is 42.1 Å². The summed E-state index contributed by atoms with van der Waals surface area (Å²) in [4.78, 5) is 38.7. The number of carboxylic acids is 1. The minimum Gasteiger partial charge on any atom is -0.481 e. The number of amides is 2. The van der Waals surface area contributed by atoms with Crippen LogP contribution >= 0.6 is 0 Å². The highest BCUT2D eigenvalue weighted by molar-refractivity contribution is 7.89. The van der Waals surface area contributed by atoms with Crippen LogP contribution in [0.25, 0.3) is 10.8 Å². The fraction of sp³-hybridized carbons (Fsp3) is 0.321. The minimum absolute atomic E-state index is 0.0179. The van der Waals surface area contributed by atoms with Gasteiger partial charge in [-0.25, -0.2) is 13.1 Å². The normalized spacial score (nSPS) is 17.8. The van der Waals surface area contributed by atoms with Crippen molar-refractivity contribution in [1.29, 1.82) is 0 Å². The predicted octanol–water partition coefficient (Wildman–Crippen LogP) is 3.78. The monoisotopic (exact) mass is 537 g/mol. The van der Waals surface area contributed by atoms with E-state index in [9.17, 15) is 27.9 Å². The molecule has 2 amide bonds. The van der Waals surface area contributed by atoms with Crippen LogP contribution in [0.4, 0.5) is 5.69 Å². The van der Waals surface area contributed by atoms with Crippen LogP contribution in [0, 0.1) is 12.8 Å². The van der Waals surface area contributed by atoms with Gasteiger partial charge in [-0.05, 0) is 43.5 Å². The quantitative estimate of drug-likeness (QED) is 0.401. The van der Waals surface area contributed by atoms with Crippen molar-refractivity contribution in [2.24, 2.45) is 5.92 Å². The molecule has 3 aromatic carbocycles. The van der Waals surface area contributed by atoms with Gasteiger partial charge in [0.2, 0.25) is 15.9 Å². The number of nitrogens with zero attached hydrogens (tertiary/aromatic N) is 1. The summed E-state index contributed by atoms with van der Waals surface area (Å²) in [6, 6.07) is 16.1. The summed E-state index contributed by atoms with van der Waals surface area (Å²) in [5, 5.41) is 13.6.